The number of aryl methyl sites for hydroxylation is 1. The van der Waals surface area contributed by atoms with Crippen LogP contribution in [0.5, 0.6) is 0 Å². The number of rotatable bonds is 7. The number of benzene rings is 1. The number of hydrogen-bond donors (Lipinski definition) is 1. The molecule has 0 spiro atoms. The number of sulfone groups is 1. The molecule has 6 nitrogen and oxygen atoms in total. The van der Waals surface area contributed by atoms with E-state index >= 15 is 0 Å². The van der Waals surface area contributed by atoms with E-state index in [0.717, 1.165) is 36.5 Å². The van der Waals surface area contributed by atoms with Crippen LogP contribution >= 0.6 is 11.3 Å². The zero-order valence-electron chi connectivity index (χ0n) is 12.9. The van der Waals surface area contributed by atoms with Gasteiger partial charge in [-0.3, -0.25) is 10.1 Å². The van der Waals surface area contributed by atoms with E-state index in [-0.39, 0.29) is 20.9 Å². The molecular weight excluding hydrogens is 336 g/mol. The van der Waals surface area contributed by atoms with Gasteiger partial charge >= 0.3 is 5.69 Å². The number of nitrogens with zero attached hydrogens (tertiary/aromatic N) is 1. The Morgan fingerprint density at radius 3 is 2.52 bits per heavy atom. The SMILES string of the molecule is CC(CCc1ccccc1)Nc1sc(S(C)(=O)=O)cc1[N+](=O)[O-]. The van der Waals surface area contributed by atoms with E-state index in [1.165, 1.54) is 5.56 Å². The Bertz CT molecular complexity index is 785. The molecule has 2 rings (SSSR count). The van der Waals surface area contributed by atoms with Gasteiger partial charge < -0.3 is 5.32 Å². The molecule has 0 aliphatic heterocycles. The second-order valence-electron chi connectivity index (χ2n) is 5.38. The highest BCUT2D eigenvalue weighted by Gasteiger charge is 2.24. The lowest BCUT2D eigenvalue weighted by atomic mass is 10.1. The van der Waals surface area contributed by atoms with E-state index in [0.29, 0.717) is 0 Å². The van der Waals surface area contributed by atoms with E-state index in [1.807, 2.05) is 37.3 Å². The first kappa shape index (κ1) is 17.4. The molecule has 0 saturated carbocycles. The van der Waals surface area contributed by atoms with E-state index in [1.54, 1.807) is 0 Å². The lowest BCUT2D eigenvalue weighted by Gasteiger charge is -2.13. The first-order valence-corrected chi connectivity index (χ1v) is 9.77. The molecule has 1 aromatic carbocycles. The Kier molecular flexibility index (Phi) is 5.38. The number of nitrogens with one attached hydrogen (secondary N) is 1. The average molecular weight is 354 g/mol. The topological polar surface area (TPSA) is 89.3 Å². The van der Waals surface area contributed by atoms with Crippen LogP contribution in [0.2, 0.25) is 0 Å². The molecule has 1 heterocycles. The minimum Gasteiger partial charge on any atom is -0.369 e. The fraction of sp³-hybridized carbons (Fsp3) is 0.333. The molecule has 0 aliphatic carbocycles. The molecule has 1 aromatic heterocycles. The molecule has 23 heavy (non-hydrogen) atoms. The normalized spacial score (nSPS) is 12.8. The van der Waals surface area contributed by atoms with Crippen molar-refractivity contribution < 1.29 is 13.3 Å². The maximum atomic E-state index is 11.6. The van der Waals surface area contributed by atoms with Crippen molar-refractivity contribution in [2.45, 2.75) is 30.0 Å². The Labute approximate surface area is 139 Å². The number of nitro groups is 1. The van der Waals surface area contributed by atoms with Crippen molar-refractivity contribution in [3.63, 3.8) is 0 Å². The van der Waals surface area contributed by atoms with Gasteiger partial charge in [-0.05, 0) is 25.3 Å². The fourth-order valence-corrected chi connectivity index (χ4v) is 4.16. The van der Waals surface area contributed by atoms with Gasteiger partial charge in [-0.2, -0.15) is 0 Å². The molecule has 0 radical (unpaired) electrons. The lowest BCUT2D eigenvalue weighted by Crippen LogP contribution is -2.15. The molecule has 1 unspecified atom stereocenters. The summed E-state index contributed by atoms with van der Waals surface area (Å²) in [5.41, 5.74) is 1.00. The van der Waals surface area contributed by atoms with Crippen molar-refractivity contribution in [3.8, 4) is 0 Å². The summed E-state index contributed by atoms with van der Waals surface area (Å²) in [7, 11) is -3.45. The van der Waals surface area contributed by atoms with Crippen LogP contribution in [0.3, 0.4) is 0 Å². The summed E-state index contributed by atoms with van der Waals surface area (Å²) in [4.78, 5) is 10.5. The van der Waals surface area contributed by atoms with Gasteiger partial charge in [0.15, 0.2) is 14.8 Å². The number of hydrogen-bond acceptors (Lipinski definition) is 6. The maximum Gasteiger partial charge on any atom is 0.304 e. The molecule has 0 aliphatic rings. The highest BCUT2D eigenvalue weighted by atomic mass is 32.2. The van der Waals surface area contributed by atoms with E-state index in [2.05, 4.69) is 5.32 Å². The number of thiophene rings is 1. The van der Waals surface area contributed by atoms with Crippen LogP contribution in [0.15, 0.2) is 40.6 Å². The molecule has 1 N–H and O–H groups in total. The van der Waals surface area contributed by atoms with Crippen LogP contribution in [-0.2, 0) is 16.3 Å². The van der Waals surface area contributed by atoms with Gasteiger partial charge in [-0.15, -0.1) is 0 Å². The van der Waals surface area contributed by atoms with E-state index in [9.17, 15) is 18.5 Å². The van der Waals surface area contributed by atoms with Crippen LogP contribution in [-0.4, -0.2) is 25.6 Å². The number of anilines is 1. The summed E-state index contributed by atoms with van der Waals surface area (Å²) >= 11 is 0.904. The van der Waals surface area contributed by atoms with E-state index in [4.69, 9.17) is 0 Å². The summed E-state index contributed by atoms with van der Waals surface area (Å²) in [6, 6.07) is 11.1. The molecule has 0 fully saturated rings. The lowest BCUT2D eigenvalue weighted by molar-refractivity contribution is -0.383. The van der Waals surface area contributed by atoms with Crippen molar-refractivity contribution in [1.29, 1.82) is 0 Å². The van der Waals surface area contributed by atoms with Gasteiger partial charge in [0.1, 0.15) is 4.21 Å². The van der Waals surface area contributed by atoms with E-state index < -0.39 is 14.8 Å². The van der Waals surface area contributed by atoms with Crippen LogP contribution in [0, 0.1) is 10.1 Å². The van der Waals surface area contributed by atoms with Gasteiger partial charge in [-0.1, -0.05) is 41.7 Å². The molecule has 0 saturated heterocycles. The highest BCUT2D eigenvalue weighted by Crippen LogP contribution is 2.37. The second kappa shape index (κ2) is 7.10. The Morgan fingerprint density at radius 2 is 1.96 bits per heavy atom. The van der Waals surface area contributed by atoms with Crippen LogP contribution in [0.25, 0.3) is 0 Å². The first-order valence-electron chi connectivity index (χ1n) is 7.06. The predicted octanol–water partition coefficient (Wildman–Crippen LogP) is 3.49. The molecule has 124 valence electrons. The molecule has 0 amide bonds. The summed E-state index contributed by atoms with van der Waals surface area (Å²) < 4.78 is 23.2. The predicted molar refractivity (Wildman–Crippen MR) is 91.9 cm³/mol. The van der Waals surface area contributed by atoms with Gasteiger partial charge in [0.25, 0.3) is 0 Å². The van der Waals surface area contributed by atoms with Crippen molar-refractivity contribution in [2.75, 3.05) is 11.6 Å². The van der Waals surface area contributed by atoms with Crippen LogP contribution < -0.4 is 5.32 Å². The third kappa shape index (κ3) is 4.77. The summed E-state index contributed by atoms with van der Waals surface area (Å²) in [6.45, 7) is 1.92. The van der Waals surface area contributed by atoms with Gasteiger partial charge in [0, 0.05) is 18.4 Å². The Hall–Kier alpha value is -1.93. The zero-order chi connectivity index (χ0) is 17.0. The van der Waals surface area contributed by atoms with Crippen LogP contribution in [0.1, 0.15) is 18.9 Å². The minimum atomic E-state index is -3.45. The van der Waals surface area contributed by atoms with Crippen molar-refractivity contribution >= 4 is 31.9 Å². The highest BCUT2D eigenvalue weighted by molar-refractivity contribution is 7.92. The second-order valence-corrected chi connectivity index (χ2v) is 8.67. The first-order chi connectivity index (χ1) is 10.8. The third-order valence-electron chi connectivity index (χ3n) is 3.34. The largest absolute Gasteiger partial charge is 0.369 e. The third-order valence-corrected chi connectivity index (χ3v) is 6.20. The molecule has 8 heteroatoms. The summed E-state index contributed by atoms with van der Waals surface area (Å²) in [6.07, 6.45) is 2.67. The van der Waals surface area contributed by atoms with Gasteiger partial charge in [0.05, 0.1) is 4.92 Å². The van der Waals surface area contributed by atoms with Gasteiger partial charge in [-0.25, -0.2) is 8.42 Å². The smallest absolute Gasteiger partial charge is 0.304 e. The monoisotopic (exact) mass is 354 g/mol. The summed E-state index contributed by atoms with van der Waals surface area (Å²) in [5, 5.41) is 14.5. The fourth-order valence-electron chi connectivity index (χ4n) is 2.11. The average Bonchev–Trinajstić information content (AvgIpc) is 2.90. The van der Waals surface area contributed by atoms with Crippen LogP contribution in [0.4, 0.5) is 10.7 Å². The van der Waals surface area contributed by atoms with Crippen molar-refractivity contribution in [2.24, 2.45) is 0 Å². The standard InChI is InChI=1S/C15H18N2O4S2/c1-11(8-9-12-6-4-3-5-7-12)16-15-13(17(18)19)10-14(22-15)23(2,20)21/h3-7,10-11,16H,8-9H2,1-2H3. The van der Waals surface area contributed by atoms with Crippen molar-refractivity contribution in [1.82, 2.24) is 0 Å². The molecule has 0 bridgehead atoms. The zero-order valence-corrected chi connectivity index (χ0v) is 14.5. The minimum absolute atomic E-state index is 0.00181. The maximum absolute atomic E-state index is 11.6. The molecular formula is C15H18N2O4S2. The van der Waals surface area contributed by atoms with Crippen molar-refractivity contribution in [3.05, 3.63) is 52.1 Å². The summed E-state index contributed by atoms with van der Waals surface area (Å²) in [5.74, 6) is 0. The quantitative estimate of drug-likeness (QED) is 0.607. The molecule has 1 atom stereocenters. The van der Waals surface area contributed by atoms with Gasteiger partial charge in [0.2, 0.25) is 0 Å². The Balaban J connectivity index is 2.09. The Morgan fingerprint density at radius 1 is 1.30 bits per heavy atom. The molecule has 2 aromatic rings.